The lowest BCUT2D eigenvalue weighted by Crippen LogP contribution is -2.35. The molecular formula is C10H18F3NO. The fourth-order valence-electron chi connectivity index (χ4n) is 1.20. The van der Waals surface area contributed by atoms with Crippen LogP contribution in [0.1, 0.15) is 26.7 Å². The molecule has 0 aromatic heterocycles. The van der Waals surface area contributed by atoms with Crippen molar-refractivity contribution < 1.29 is 17.9 Å². The molecule has 0 saturated heterocycles. The van der Waals surface area contributed by atoms with Crippen molar-refractivity contribution in [2.24, 2.45) is 5.41 Å². The van der Waals surface area contributed by atoms with E-state index in [4.69, 9.17) is 0 Å². The van der Waals surface area contributed by atoms with Crippen LogP contribution in [-0.4, -0.2) is 32.0 Å². The smallest absolute Gasteiger partial charge is 0.371 e. The van der Waals surface area contributed by atoms with Gasteiger partial charge in [-0.05, 0) is 12.8 Å². The summed E-state index contributed by atoms with van der Waals surface area (Å²) in [6.45, 7) is 3.49. The van der Waals surface area contributed by atoms with Crippen molar-refractivity contribution in [3.05, 3.63) is 0 Å². The van der Waals surface area contributed by atoms with E-state index in [1.807, 2.05) is 13.8 Å². The first-order valence-electron chi connectivity index (χ1n) is 5.16. The monoisotopic (exact) mass is 225 g/mol. The summed E-state index contributed by atoms with van der Waals surface area (Å²) in [5.74, 6) is 0. The van der Waals surface area contributed by atoms with Gasteiger partial charge in [0, 0.05) is 18.0 Å². The largest absolute Gasteiger partial charge is 0.411 e. The Hall–Kier alpha value is -0.290. The summed E-state index contributed by atoms with van der Waals surface area (Å²) in [7, 11) is 0. The number of nitrogens with one attached hydrogen (secondary N) is 1. The highest BCUT2D eigenvalue weighted by atomic mass is 19.4. The van der Waals surface area contributed by atoms with E-state index in [1.165, 1.54) is 12.8 Å². The van der Waals surface area contributed by atoms with Gasteiger partial charge in [-0.25, -0.2) is 0 Å². The molecule has 90 valence electrons. The van der Waals surface area contributed by atoms with Crippen LogP contribution >= 0.6 is 0 Å². The van der Waals surface area contributed by atoms with Crippen LogP contribution in [0.5, 0.6) is 0 Å². The van der Waals surface area contributed by atoms with Gasteiger partial charge >= 0.3 is 6.18 Å². The minimum Gasteiger partial charge on any atom is -0.371 e. The second-order valence-corrected chi connectivity index (χ2v) is 4.93. The molecule has 1 aliphatic rings. The third-order valence-corrected chi connectivity index (χ3v) is 2.21. The Morgan fingerprint density at radius 2 is 1.80 bits per heavy atom. The molecule has 5 heteroatoms. The van der Waals surface area contributed by atoms with E-state index >= 15 is 0 Å². The molecule has 0 aromatic carbocycles. The van der Waals surface area contributed by atoms with E-state index in [2.05, 4.69) is 10.1 Å². The third kappa shape index (κ3) is 6.73. The highest BCUT2D eigenvalue weighted by Gasteiger charge is 2.30. The Kier molecular flexibility index (Phi) is 4.00. The molecule has 15 heavy (non-hydrogen) atoms. The van der Waals surface area contributed by atoms with E-state index in [0.717, 1.165) is 0 Å². The molecular weight excluding hydrogens is 207 g/mol. The lowest BCUT2D eigenvalue weighted by molar-refractivity contribution is -0.179. The van der Waals surface area contributed by atoms with Gasteiger partial charge in [-0.1, -0.05) is 13.8 Å². The van der Waals surface area contributed by atoms with Gasteiger partial charge in [-0.15, -0.1) is 0 Å². The summed E-state index contributed by atoms with van der Waals surface area (Å²) < 4.78 is 40.1. The van der Waals surface area contributed by atoms with Gasteiger partial charge in [-0.2, -0.15) is 13.2 Å². The van der Waals surface area contributed by atoms with E-state index in [9.17, 15) is 13.2 Å². The van der Waals surface area contributed by atoms with Crippen LogP contribution in [0.25, 0.3) is 0 Å². The number of halogens is 3. The first kappa shape index (κ1) is 12.8. The van der Waals surface area contributed by atoms with Gasteiger partial charge in [0.2, 0.25) is 0 Å². The summed E-state index contributed by atoms with van der Waals surface area (Å²) in [5, 5.41) is 3.28. The third-order valence-electron chi connectivity index (χ3n) is 2.21. The van der Waals surface area contributed by atoms with Crippen LogP contribution in [0.15, 0.2) is 0 Å². The van der Waals surface area contributed by atoms with E-state index in [-0.39, 0.29) is 12.0 Å². The molecule has 0 amide bonds. The number of hydrogen-bond acceptors (Lipinski definition) is 2. The van der Waals surface area contributed by atoms with Gasteiger partial charge in [0.05, 0.1) is 6.61 Å². The predicted molar refractivity (Wildman–Crippen MR) is 51.7 cm³/mol. The van der Waals surface area contributed by atoms with Crippen molar-refractivity contribution in [2.75, 3.05) is 19.8 Å². The molecule has 1 fully saturated rings. The second kappa shape index (κ2) is 4.70. The van der Waals surface area contributed by atoms with Crippen molar-refractivity contribution in [2.45, 2.75) is 38.9 Å². The van der Waals surface area contributed by atoms with Gasteiger partial charge < -0.3 is 10.1 Å². The summed E-state index contributed by atoms with van der Waals surface area (Å²) in [6, 6.07) is 0.576. The van der Waals surface area contributed by atoms with Crippen molar-refractivity contribution in [1.82, 2.24) is 5.32 Å². The zero-order valence-electron chi connectivity index (χ0n) is 9.16. The van der Waals surface area contributed by atoms with Gasteiger partial charge in [-0.3, -0.25) is 0 Å². The molecule has 1 aliphatic carbocycles. The molecule has 0 unspecified atom stereocenters. The number of rotatable bonds is 6. The molecule has 2 nitrogen and oxygen atoms in total. The molecule has 0 bridgehead atoms. The summed E-state index contributed by atoms with van der Waals surface area (Å²) in [5.41, 5.74) is -0.242. The second-order valence-electron chi connectivity index (χ2n) is 4.93. The number of ether oxygens (including phenoxy) is 1. The Labute approximate surface area is 88.2 Å². The molecule has 1 saturated carbocycles. The number of hydrogen-bond donors (Lipinski definition) is 1. The molecule has 1 rings (SSSR count). The Morgan fingerprint density at radius 1 is 1.20 bits per heavy atom. The Morgan fingerprint density at radius 3 is 2.27 bits per heavy atom. The highest BCUT2D eigenvalue weighted by molar-refractivity contribution is 4.83. The fourth-order valence-corrected chi connectivity index (χ4v) is 1.20. The highest BCUT2D eigenvalue weighted by Crippen LogP contribution is 2.22. The maximum absolute atomic E-state index is 11.8. The lowest BCUT2D eigenvalue weighted by Gasteiger charge is -2.25. The van der Waals surface area contributed by atoms with Crippen LogP contribution in [-0.2, 0) is 4.74 Å². The molecule has 0 atom stereocenters. The fraction of sp³-hybridized carbons (Fsp3) is 1.00. The van der Waals surface area contributed by atoms with Crippen LogP contribution in [0.2, 0.25) is 0 Å². The van der Waals surface area contributed by atoms with Crippen molar-refractivity contribution >= 4 is 0 Å². The molecule has 0 aliphatic heterocycles. The molecule has 1 N–H and O–H groups in total. The predicted octanol–water partition coefficient (Wildman–Crippen LogP) is 2.34. The van der Waals surface area contributed by atoms with E-state index < -0.39 is 12.8 Å². The minimum atomic E-state index is -4.22. The van der Waals surface area contributed by atoms with Crippen molar-refractivity contribution in [1.29, 1.82) is 0 Å². The SMILES string of the molecule is CC(C)(CNC1CC1)COCC(F)(F)F. The summed E-state index contributed by atoms with van der Waals surface area (Å²) >= 11 is 0. The molecule has 0 spiro atoms. The van der Waals surface area contributed by atoms with E-state index in [0.29, 0.717) is 12.6 Å². The van der Waals surface area contributed by atoms with Gasteiger partial charge in [0.15, 0.2) is 0 Å². The zero-order chi connectivity index (χ0) is 11.5. The van der Waals surface area contributed by atoms with E-state index in [1.54, 1.807) is 0 Å². The molecule has 0 heterocycles. The van der Waals surface area contributed by atoms with Crippen LogP contribution < -0.4 is 5.32 Å². The normalized spacial score (nSPS) is 18.2. The lowest BCUT2D eigenvalue weighted by atomic mass is 9.95. The minimum absolute atomic E-state index is 0.131. The first-order chi connectivity index (χ1) is 6.79. The maximum atomic E-state index is 11.8. The Balaban J connectivity index is 2.11. The zero-order valence-corrected chi connectivity index (χ0v) is 9.16. The quantitative estimate of drug-likeness (QED) is 0.749. The Bertz CT molecular complexity index is 199. The maximum Gasteiger partial charge on any atom is 0.411 e. The van der Waals surface area contributed by atoms with Crippen LogP contribution in [0.4, 0.5) is 13.2 Å². The summed E-state index contributed by atoms with van der Waals surface area (Å²) in [4.78, 5) is 0. The average Bonchev–Trinajstić information content (AvgIpc) is 2.80. The van der Waals surface area contributed by atoms with Gasteiger partial charge in [0.25, 0.3) is 0 Å². The summed E-state index contributed by atoms with van der Waals surface area (Å²) in [6.07, 6.45) is -1.86. The molecule has 0 aromatic rings. The van der Waals surface area contributed by atoms with Crippen molar-refractivity contribution in [3.63, 3.8) is 0 Å². The van der Waals surface area contributed by atoms with Crippen molar-refractivity contribution in [3.8, 4) is 0 Å². The van der Waals surface area contributed by atoms with Gasteiger partial charge in [0.1, 0.15) is 6.61 Å². The molecule has 0 radical (unpaired) electrons. The topological polar surface area (TPSA) is 21.3 Å². The van der Waals surface area contributed by atoms with Crippen LogP contribution in [0.3, 0.4) is 0 Å². The standard InChI is InChI=1S/C10H18F3NO/c1-9(2,5-14-8-3-4-8)6-15-7-10(11,12)13/h8,14H,3-7H2,1-2H3. The number of alkyl halides is 3. The van der Waals surface area contributed by atoms with Crippen LogP contribution in [0, 0.1) is 5.41 Å². The first-order valence-corrected chi connectivity index (χ1v) is 5.16. The average molecular weight is 225 g/mol.